The van der Waals surface area contributed by atoms with Crippen LogP contribution < -0.4 is 15.4 Å². The number of furan rings is 1. The second-order valence-electron chi connectivity index (χ2n) is 7.57. The van der Waals surface area contributed by atoms with Gasteiger partial charge < -0.3 is 19.8 Å². The zero-order chi connectivity index (χ0) is 24.6. The van der Waals surface area contributed by atoms with Crippen molar-refractivity contribution in [3.05, 3.63) is 78.3 Å². The second kappa shape index (κ2) is 11.5. The van der Waals surface area contributed by atoms with E-state index in [0.717, 1.165) is 9.87 Å². The van der Waals surface area contributed by atoms with Crippen molar-refractivity contribution in [1.82, 2.24) is 9.62 Å². The largest absolute Gasteiger partial charge is 0.492 e. The van der Waals surface area contributed by atoms with E-state index in [4.69, 9.17) is 9.15 Å². The average Bonchev–Trinajstić information content (AvgIpc) is 3.30. The van der Waals surface area contributed by atoms with Crippen LogP contribution in [0.1, 0.15) is 18.2 Å². The van der Waals surface area contributed by atoms with Crippen molar-refractivity contribution >= 4 is 27.5 Å². The predicted octanol–water partition coefficient (Wildman–Crippen LogP) is 2.93. The highest BCUT2D eigenvalue weighted by Crippen LogP contribution is 2.21. The first-order valence-electron chi connectivity index (χ1n) is 10.6. The first-order valence-corrected chi connectivity index (χ1v) is 12.0. The van der Waals surface area contributed by atoms with Gasteiger partial charge in [0.15, 0.2) is 0 Å². The maximum atomic E-state index is 13.3. The lowest BCUT2D eigenvalue weighted by atomic mass is 10.2. The molecule has 0 saturated carbocycles. The Kier molecular flexibility index (Phi) is 8.44. The Hall–Kier alpha value is -3.63. The standard InChI is InChI=1S/C24H27N3O6S/c1-18-5-3-6-21(15-18)33-14-12-25-24(29)17-27(16-22-7-4-13-32-22)34(30,31)23-10-8-20(9-11-23)26-19(2)28/h3-11,13,15H,12,14,16-17H2,1-2H3,(H,25,29)(H,26,28). The number of carbonyl (C=O) groups excluding carboxylic acids is 2. The first-order chi connectivity index (χ1) is 16.2. The third kappa shape index (κ3) is 7.19. The molecule has 0 aliphatic rings. The van der Waals surface area contributed by atoms with Crippen LogP contribution in [0.2, 0.25) is 0 Å². The van der Waals surface area contributed by atoms with Crippen molar-refractivity contribution in [2.24, 2.45) is 0 Å². The van der Waals surface area contributed by atoms with E-state index in [1.165, 1.54) is 37.5 Å². The highest BCUT2D eigenvalue weighted by molar-refractivity contribution is 7.89. The summed E-state index contributed by atoms with van der Waals surface area (Å²) in [7, 11) is -4.03. The molecule has 10 heteroatoms. The lowest BCUT2D eigenvalue weighted by Crippen LogP contribution is -2.41. The number of carbonyl (C=O) groups is 2. The smallest absolute Gasteiger partial charge is 0.243 e. The van der Waals surface area contributed by atoms with Crippen LogP contribution in [-0.2, 0) is 26.2 Å². The Balaban J connectivity index is 1.65. The molecule has 34 heavy (non-hydrogen) atoms. The topological polar surface area (TPSA) is 118 Å². The van der Waals surface area contributed by atoms with Gasteiger partial charge in [0.25, 0.3) is 0 Å². The van der Waals surface area contributed by atoms with Gasteiger partial charge in [-0.2, -0.15) is 4.31 Å². The minimum atomic E-state index is -4.03. The molecule has 9 nitrogen and oxygen atoms in total. The summed E-state index contributed by atoms with van der Waals surface area (Å²) < 4.78 is 38.5. The van der Waals surface area contributed by atoms with E-state index in [-0.39, 0.29) is 30.5 Å². The number of rotatable bonds is 11. The maximum Gasteiger partial charge on any atom is 0.243 e. The average molecular weight is 486 g/mol. The Morgan fingerprint density at radius 1 is 1.06 bits per heavy atom. The molecular formula is C24H27N3O6S. The normalized spacial score (nSPS) is 11.3. The molecule has 0 unspecified atom stereocenters. The van der Waals surface area contributed by atoms with E-state index in [9.17, 15) is 18.0 Å². The number of ether oxygens (including phenoxy) is 1. The van der Waals surface area contributed by atoms with E-state index >= 15 is 0 Å². The number of anilines is 1. The van der Waals surface area contributed by atoms with Crippen molar-refractivity contribution in [1.29, 1.82) is 0 Å². The molecule has 0 aliphatic carbocycles. The number of hydrogen-bond acceptors (Lipinski definition) is 6. The van der Waals surface area contributed by atoms with Crippen molar-refractivity contribution in [2.75, 3.05) is 25.0 Å². The summed E-state index contributed by atoms with van der Waals surface area (Å²) in [5, 5.41) is 5.27. The molecule has 2 amide bonds. The van der Waals surface area contributed by atoms with Gasteiger partial charge in [-0.1, -0.05) is 12.1 Å². The fourth-order valence-electron chi connectivity index (χ4n) is 3.15. The number of nitrogens with one attached hydrogen (secondary N) is 2. The fraction of sp³-hybridized carbons (Fsp3) is 0.250. The molecule has 0 fully saturated rings. The molecule has 2 N–H and O–H groups in total. The van der Waals surface area contributed by atoms with E-state index in [0.29, 0.717) is 17.2 Å². The van der Waals surface area contributed by atoms with E-state index in [2.05, 4.69) is 10.6 Å². The predicted molar refractivity (Wildman–Crippen MR) is 127 cm³/mol. The minimum Gasteiger partial charge on any atom is -0.492 e. The van der Waals surface area contributed by atoms with Gasteiger partial charge in [-0.05, 0) is 61.0 Å². The maximum absolute atomic E-state index is 13.3. The number of aryl methyl sites for hydroxylation is 1. The van der Waals surface area contributed by atoms with Crippen molar-refractivity contribution in [3.63, 3.8) is 0 Å². The molecule has 2 aromatic carbocycles. The molecule has 0 bridgehead atoms. The van der Waals surface area contributed by atoms with Gasteiger partial charge in [0, 0.05) is 12.6 Å². The number of benzene rings is 2. The van der Waals surface area contributed by atoms with Crippen molar-refractivity contribution < 1.29 is 27.2 Å². The second-order valence-corrected chi connectivity index (χ2v) is 9.51. The number of hydrogen-bond donors (Lipinski definition) is 2. The summed E-state index contributed by atoms with van der Waals surface area (Å²) in [6, 6.07) is 16.6. The van der Waals surface area contributed by atoms with Crippen LogP contribution in [0.3, 0.4) is 0 Å². The molecule has 3 aromatic rings. The SMILES string of the molecule is CC(=O)Nc1ccc(S(=O)(=O)N(CC(=O)NCCOc2cccc(C)c2)Cc2ccco2)cc1. The van der Waals surface area contributed by atoms with Gasteiger partial charge >= 0.3 is 0 Å². The number of nitrogens with zero attached hydrogens (tertiary/aromatic N) is 1. The lowest BCUT2D eigenvalue weighted by Gasteiger charge is -2.21. The number of amides is 2. The van der Waals surface area contributed by atoms with Crippen molar-refractivity contribution in [2.45, 2.75) is 25.3 Å². The number of sulfonamides is 1. The quantitative estimate of drug-likeness (QED) is 0.403. The zero-order valence-corrected chi connectivity index (χ0v) is 19.8. The summed E-state index contributed by atoms with van der Waals surface area (Å²) in [6.45, 7) is 3.25. The molecule has 0 aliphatic heterocycles. The van der Waals surface area contributed by atoms with Gasteiger partial charge in [0.05, 0.1) is 30.8 Å². The molecule has 180 valence electrons. The summed E-state index contributed by atoms with van der Waals surface area (Å²) in [5.41, 5.74) is 1.53. The molecule has 0 saturated heterocycles. The van der Waals surface area contributed by atoms with Crippen LogP contribution in [0.4, 0.5) is 5.69 Å². The summed E-state index contributed by atoms with van der Waals surface area (Å²) >= 11 is 0. The monoisotopic (exact) mass is 485 g/mol. The molecule has 0 radical (unpaired) electrons. The zero-order valence-electron chi connectivity index (χ0n) is 19.0. The third-order valence-electron chi connectivity index (χ3n) is 4.73. The highest BCUT2D eigenvalue weighted by Gasteiger charge is 2.27. The first kappa shape index (κ1) is 25.0. The molecular weight excluding hydrogens is 458 g/mol. The van der Waals surface area contributed by atoms with Gasteiger partial charge in [-0.3, -0.25) is 9.59 Å². The Bertz CT molecular complexity index is 1210. The third-order valence-corrected chi connectivity index (χ3v) is 6.53. The van der Waals surface area contributed by atoms with E-state index in [1.54, 1.807) is 12.1 Å². The van der Waals surface area contributed by atoms with Crippen molar-refractivity contribution in [3.8, 4) is 5.75 Å². The Morgan fingerprint density at radius 2 is 1.82 bits per heavy atom. The molecule has 1 aromatic heterocycles. The molecule has 1 heterocycles. The molecule has 3 rings (SSSR count). The molecule has 0 spiro atoms. The van der Waals surface area contributed by atoms with Crippen LogP contribution in [0.15, 0.2) is 76.2 Å². The lowest BCUT2D eigenvalue weighted by molar-refractivity contribution is -0.121. The fourth-order valence-corrected chi connectivity index (χ4v) is 4.51. The highest BCUT2D eigenvalue weighted by atomic mass is 32.2. The van der Waals surface area contributed by atoms with Crippen LogP contribution in [0.5, 0.6) is 5.75 Å². The summed E-state index contributed by atoms with van der Waals surface area (Å²) in [4.78, 5) is 23.7. The van der Waals surface area contributed by atoms with Gasteiger partial charge in [0.1, 0.15) is 18.1 Å². The van der Waals surface area contributed by atoms with E-state index in [1.807, 2.05) is 31.2 Å². The van der Waals surface area contributed by atoms with Crippen LogP contribution in [0.25, 0.3) is 0 Å². The van der Waals surface area contributed by atoms with E-state index < -0.39 is 22.5 Å². The summed E-state index contributed by atoms with van der Waals surface area (Å²) in [5.74, 6) is 0.351. The van der Waals surface area contributed by atoms with Crippen LogP contribution >= 0.6 is 0 Å². The van der Waals surface area contributed by atoms with Crippen LogP contribution in [0, 0.1) is 6.92 Å². The van der Waals surface area contributed by atoms with Gasteiger partial charge in [-0.25, -0.2) is 8.42 Å². The van der Waals surface area contributed by atoms with Crippen LogP contribution in [-0.4, -0.2) is 44.2 Å². The summed E-state index contributed by atoms with van der Waals surface area (Å²) in [6.07, 6.45) is 1.44. The van der Waals surface area contributed by atoms with Gasteiger partial charge in [-0.15, -0.1) is 0 Å². The Labute approximate surface area is 198 Å². The molecule has 0 atom stereocenters. The van der Waals surface area contributed by atoms with Gasteiger partial charge in [0.2, 0.25) is 21.8 Å². The minimum absolute atomic E-state index is 0.0104. The Morgan fingerprint density at radius 3 is 2.47 bits per heavy atom.